The molecule has 3 rings (SSSR count). The Balaban J connectivity index is 1.56. The van der Waals surface area contributed by atoms with Gasteiger partial charge in [-0.2, -0.15) is 0 Å². The molecule has 2 aromatic rings. The summed E-state index contributed by atoms with van der Waals surface area (Å²) in [5, 5.41) is 10.9. The maximum absolute atomic E-state index is 12.8. The zero-order valence-corrected chi connectivity index (χ0v) is 19.3. The predicted molar refractivity (Wildman–Crippen MR) is 123 cm³/mol. The standard InChI is InChI=1S/C26H35NO5/c1-26(2,3)32-25(29)27-19-31-24(22(27)17-20-11-6-4-7-12-20)23(28)15-10-16-30-18-21-13-8-5-9-14-21/h4-9,11-14,22-24,28H,10,15-19H2,1-3H3. The number of carbonyl (C=O) groups excluding carboxylic acids is 1. The van der Waals surface area contributed by atoms with E-state index in [2.05, 4.69) is 0 Å². The minimum absolute atomic E-state index is 0.110. The molecule has 3 unspecified atom stereocenters. The maximum atomic E-state index is 12.8. The van der Waals surface area contributed by atoms with E-state index < -0.39 is 23.9 Å². The largest absolute Gasteiger partial charge is 0.444 e. The van der Waals surface area contributed by atoms with Crippen LogP contribution in [0, 0.1) is 0 Å². The van der Waals surface area contributed by atoms with Crippen molar-refractivity contribution in [3.63, 3.8) is 0 Å². The second-order valence-corrected chi connectivity index (χ2v) is 9.22. The molecule has 0 bridgehead atoms. The molecule has 0 spiro atoms. The van der Waals surface area contributed by atoms with Crippen molar-refractivity contribution in [2.24, 2.45) is 0 Å². The van der Waals surface area contributed by atoms with Crippen molar-refractivity contribution in [3.8, 4) is 0 Å². The summed E-state index contributed by atoms with van der Waals surface area (Å²) in [5.41, 5.74) is 1.62. The number of rotatable bonds is 9. The molecule has 1 heterocycles. The van der Waals surface area contributed by atoms with Gasteiger partial charge in [-0.05, 0) is 51.2 Å². The second kappa shape index (κ2) is 11.5. The van der Waals surface area contributed by atoms with Crippen LogP contribution < -0.4 is 0 Å². The second-order valence-electron chi connectivity index (χ2n) is 9.22. The lowest BCUT2D eigenvalue weighted by atomic mass is 9.95. The number of amides is 1. The normalized spacial score (nSPS) is 19.7. The van der Waals surface area contributed by atoms with Crippen molar-refractivity contribution in [1.82, 2.24) is 4.90 Å². The van der Waals surface area contributed by atoms with Crippen LogP contribution in [-0.4, -0.2) is 53.3 Å². The molecule has 6 nitrogen and oxygen atoms in total. The number of aliphatic hydroxyl groups is 1. The highest BCUT2D eigenvalue weighted by atomic mass is 16.6. The minimum Gasteiger partial charge on any atom is -0.444 e. The SMILES string of the molecule is CC(C)(C)OC(=O)N1COC(C(O)CCCOCc2ccccc2)C1Cc1ccccc1. The molecule has 1 fully saturated rings. The van der Waals surface area contributed by atoms with E-state index >= 15 is 0 Å². The van der Waals surface area contributed by atoms with Gasteiger partial charge in [0.2, 0.25) is 0 Å². The summed E-state index contributed by atoms with van der Waals surface area (Å²) < 4.78 is 17.2. The fraction of sp³-hybridized carbons (Fsp3) is 0.500. The van der Waals surface area contributed by atoms with E-state index in [-0.39, 0.29) is 12.8 Å². The molecule has 2 aromatic carbocycles. The van der Waals surface area contributed by atoms with Gasteiger partial charge in [0.25, 0.3) is 0 Å². The number of benzene rings is 2. The van der Waals surface area contributed by atoms with Gasteiger partial charge in [0.05, 0.1) is 18.8 Å². The summed E-state index contributed by atoms with van der Waals surface area (Å²) in [5.74, 6) is 0. The molecule has 3 atom stereocenters. The Labute approximate surface area is 191 Å². The van der Waals surface area contributed by atoms with E-state index in [9.17, 15) is 9.90 Å². The van der Waals surface area contributed by atoms with Crippen molar-refractivity contribution in [1.29, 1.82) is 0 Å². The molecule has 0 aliphatic carbocycles. The van der Waals surface area contributed by atoms with Crippen LogP contribution in [0.2, 0.25) is 0 Å². The zero-order valence-electron chi connectivity index (χ0n) is 19.3. The van der Waals surface area contributed by atoms with E-state index in [1.165, 1.54) is 0 Å². The monoisotopic (exact) mass is 441 g/mol. The Morgan fingerprint density at radius 3 is 2.34 bits per heavy atom. The maximum Gasteiger partial charge on any atom is 0.412 e. The highest BCUT2D eigenvalue weighted by molar-refractivity contribution is 5.69. The number of nitrogens with zero attached hydrogens (tertiary/aromatic N) is 1. The van der Waals surface area contributed by atoms with Gasteiger partial charge >= 0.3 is 6.09 Å². The van der Waals surface area contributed by atoms with E-state index in [1.54, 1.807) is 4.90 Å². The quantitative estimate of drug-likeness (QED) is 0.578. The molecule has 1 aliphatic heterocycles. The first kappa shape index (κ1) is 24.2. The van der Waals surface area contributed by atoms with Crippen LogP contribution in [0.5, 0.6) is 0 Å². The van der Waals surface area contributed by atoms with Gasteiger partial charge in [0.15, 0.2) is 0 Å². The fourth-order valence-corrected chi connectivity index (χ4v) is 3.83. The van der Waals surface area contributed by atoms with Crippen LogP contribution in [0.25, 0.3) is 0 Å². The van der Waals surface area contributed by atoms with Crippen LogP contribution in [-0.2, 0) is 27.2 Å². The van der Waals surface area contributed by atoms with Crippen LogP contribution in [0.3, 0.4) is 0 Å². The summed E-state index contributed by atoms with van der Waals surface area (Å²) >= 11 is 0. The Hall–Kier alpha value is -2.41. The average Bonchev–Trinajstić information content (AvgIpc) is 3.17. The summed E-state index contributed by atoms with van der Waals surface area (Å²) in [6, 6.07) is 19.7. The lowest BCUT2D eigenvalue weighted by Gasteiger charge is -2.30. The van der Waals surface area contributed by atoms with Crippen molar-refractivity contribution in [3.05, 3.63) is 71.8 Å². The Morgan fingerprint density at radius 1 is 1.09 bits per heavy atom. The summed E-state index contributed by atoms with van der Waals surface area (Å²) in [4.78, 5) is 14.4. The van der Waals surface area contributed by atoms with Crippen molar-refractivity contribution < 1.29 is 24.1 Å². The number of aliphatic hydroxyl groups excluding tert-OH is 1. The van der Waals surface area contributed by atoms with Crippen molar-refractivity contribution in [2.45, 2.75) is 70.5 Å². The Kier molecular flexibility index (Phi) is 8.67. The smallest absolute Gasteiger partial charge is 0.412 e. The van der Waals surface area contributed by atoms with Gasteiger partial charge in [0, 0.05) is 6.61 Å². The number of hydrogen-bond donors (Lipinski definition) is 1. The summed E-state index contributed by atoms with van der Waals surface area (Å²) in [6.45, 7) is 6.75. The average molecular weight is 442 g/mol. The molecule has 32 heavy (non-hydrogen) atoms. The zero-order chi connectivity index (χ0) is 23.0. The van der Waals surface area contributed by atoms with Gasteiger partial charge < -0.3 is 19.3 Å². The predicted octanol–water partition coefficient (Wildman–Crippen LogP) is 4.55. The van der Waals surface area contributed by atoms with Crippen LogP contribution in [0.15, 0.2) is 60.7 Å². The third-order valence-corrected chi connectivity index (χ3v) is 5.38. The molecule has 0 aromatic heterocycles. The highest BCUT2D eigenvalue weighted by Gasteiger charge is 2.43. The highest BCUT2D eigenvalue weighted by Crippen LogP contribution is 2.27. The van der Waals surface area contributed by atoms with E-state index in [0.29, 0.717) is 32.5 Å². The third-order valence-electron chi connectivity index (χ3n) is 5.38. The Bertz CT molecular complexity index is 821. The first-order valence-electron chi connectivity index (χ1n) is 11.3. The van der Waals surface area contributed by atoms with E-state index in [1.807, 2.05) is 81.4 Å². The van der Waals surface area contributed by atoms with Gasteiger partial charge in [-0.15, -0.1) is 0 Å². The van der Waals surface area contributed by atoms with E-state index in [0.717, 1.165) is 11.1 Å². The van der Waals surface area contributed by atoms with Crippen molar-refractivity contribution in [2.75, 3.05) is 13.3 Å². The van der Waals surface area contributed by atoms with Crippen molar-refractivity contribution >= 4 is 6.09 Å². The molecule has 1 N–H and O–H groups in total. The molecular weight excluding hydrogens is 406 g/mol. The third kappa shape index (κ3) is 7.33. The molecule has 1 saturated heterocycles. The molecule has 1 amide bonds. The van der Waals surface area contributed by atoms with Gasteiger partial charge in [0.1, 0.15) is 18.4 Å². The lowest BCUT2D eigenvalue weighted by molar-refractivity contribution is -0.0175. The Morgan fingerprint density at radius 2 is 1.72 bits per heavy atom. The summed E-state index contributed by atoms with van der Waals surface area (Å²) in [6.07, 6.45) is 0.241. The van der Waals surface area contributed by atoms with E-state index in [4.69, 9.17) is 14.2 Å². The van der Waals surface area contributed by atoms with Gasteiger partial charge in [-0.1, -0.05) is 60.7 Å². The number of carbonyl (C=O) groups is 1. The first-order valence-corrected chi connectivity index (χ1v) is 11.3. The summed E-state index contributed by atoms with van der Waals surface area (Å²) in [7, 11) is 0. The fourth-order valence-electron chi connectivity index (χ4n) is 3.83. The van der Waals surface area contributed by atoms with Crippen LogP contribution in [0.1, 0.15) is 44.7 Å². The van der Waals surface area contributed by atoms with Crippen LogP contribution >= 0.6 is 0 Å². The molecule has 174 valence electrons. The number of ether oxygens (including phenoxy) is 3. The minimum atomic E-state index is -0.698. The molecular formula is C26H35NO5. The molecule has 0 saturated carbocycles. The molecule has 1 aliphatic rings. The molecule has 0 radical (unpaired) electrons. The van der Waals surface area contributed by atoms with Gasteiger partial charge in [-0.25, -0.2) is 4.79 Å². The molecule has 6 heteroatoms. The topological polar surface area (TPSA) is 68.2 Å². The van der Waals surface area contributed by atoms with Gasteiger partial charge in [-0.3, -0.25) is 4.90 Å². The lowest BCUT2D eigenvalue weighted by Crippen LogP contribution is -2.46. The first-order chi connectivity index (χ1) is 15.3. The number of hydrogen-bond acceptors (Lipinski definition) is 5. The van der Waals surface area contributed by atoms with Crippen LogP contribution in [0.4, 0.5) is 4.79 Å².